The minimum atomic E-state index is -0.0452. The van der Waals surface area contributed by atoms with Gasteiger partial charge >= 0.3 is 0 Å². The van der Waals surface area contributed by atoms with Gasteiger partial charge in [0, 0.05) is 0 Å². The van der Waals surface area contributed by atoms with Gasteiger partial charge in [0.15, 0.2) is 5.76 Å². The van der Waals surface area contributed by atoms with Crippen molar-refractivity contribution in [3.8, 4) is 0 Å². The molecule has 0 radical (unpaired) electrons. The van der Waals surface area contributed by atoms with Crippen LogP contribution in [0.2, 0.25) is 0 Å². The van der Waals surface area contributed by atoms with Gasteiger partial charge in [-0.3, -0.25) is 4.79 Å². The second-order valence-corrected chi connectivity index (χ2v) is 4.33. The molecule has 66 valence electrons. The lowest BCUT2D eigenvalue weighted by molar-refractivity contribution is 0.0984. The van der Waals surface area contributed by atoms with Crippen molar-refractivity contribution >= 4 is 29.3 Å². The number of carbonyl (C=O) groups is 1. The van der Waals surface area contributed by atoms with Gasteiger partial charge in [-0.25, -0.2) is 0 Å². The van der Waals surface area contributed by atoms with Crippen molar-refractivity contribution in [3.63, 3.8) is 0 Å². The third-order valence-electron chi connectivity index (χ3n) is 1.41. The minimum absolute atomic E-state index is 0.0452. The Balaban J connectivity index is 2.70. The number of thioether (sulfide) groups is 2. The summed E-state index contributed by atoms with van der Waals surface area (Å²) in [6.07, 6.45) is 5.36. The highest BCUT2D eigenvalue weighted by atomic mass is 32.2. The fourth-order valence-electron chi connectivity index (χ4n) is 0.845. The molecule has 0 saturated heterocycles. The summed E-state index contributed by atoms with van der Waals surface area (Å²) in [5, 5.41) is 0. The molecule has 0 aliphatic heterocycles. The molecule has 0 amide bonds. The van der Waals surface area contributed by atoms with E-state index in [0.717, 1.165) is 0 Å². The number of hydrogen-bond donors (Lipinski definition) is 0. The fraction of sp³-hybridized carbons (Fsp3) is 0.375. The average Bonchev–Trinajstić information content (AvgIpc) is 2.58. The topological polar surface area (TPSA) is 30.2 Å². The van der Waals surface area contributed by atoms with Gasteiger partial charge in [0.1, 0.15) is 4.58 Å². The van der Waals surface area contributed by atoms with E-state index in [0.29, 0.717) is 5.76 Å². The van der Waals surface area contributed by atoms with Gasteiger partial charge in [-0.1, -0.05) is 0 Å². The zero-order valence-corrected chi connectivity index (χ0v) is 8.58. The first-order valence-corrected chi connectivity index (χ1v) is 6.00. The highest BCUT2D eigenvalue weighted by molar-refractivity contribution is 8.17. The van der Waals surface area contributed by atoms with Gasteiger partial charge < -0.3 is 4.42 Å². The van der Waals surface area contributed by atoms with Crippen LogP contribution in [0.25, 0.3) is 0 Å². The first-order chi connectivity index (χ1) is 5.79. The zero-order chi connectivity index (χ0) is 8.97. The van der Waals surface area contributed by atoms with Crippen molar-refractivity contribution < 1.29 is 9.21 Å². The van der Waals surface area contributed by atoms with Crippen LogP contribution in [0.4, 0.5) is 0 Å². The SMILES string of the molecule is CSC(SC)C(=O)c1ccco1. The number of ketones is 1. The normalized spacial score (nSPS) is 10.6. The van der Waals surface area contributed by atoms with Crippen LogP contribution in [-0.2, 0) is 0 Å². The summed E-state index contributed by atoms with van der Waals surface area (Å²) >= 11 is 3.06. The van der Waals surface area contributed by atoms with E-state index < -0.39 is 0 Å². The molecule has 1 aromatic heterocycles. The Hall–Kier alpha value is -0.350. The lowest BCUT2D eigenvalue weighted by Gasteiger charge is -2.06. The van der Waals surface area contributed by atoms with E-state index in [2.05, 4.69) is 0 Å². The van der Waals surface area contributed by atoms with Gasteiger partial charge in [0.2, 0.25) is 5.78 Å². The first kappa shape index (κ1) is 9.74. The monoisotopic (exact) mass is 202 g/mol. The molecule has 1 rings (SSSR count). The maximum absolute atomic E-state index is 11.5. The highest BCUT2D eigenvalue weighted by Crippen LogP contribution is 2.23. The van der Waals surface area contributed by atoms with E-state index in [1.165, 1.54) is 29.8 Å². The van der Waals surface area contributed by atoms with E-state index in [1.54, 1.807) is 12.1 Å². The molecule has 0 aromatic carbocycles. The van der Waals surface area contributed by atoms with E-state index in [1.807, 2.05) is 12.5 Å². The molecule has 0 bridgehead atoms. The molecule has 1 heterocycles. The van der Waals surface area contributed by atoms with Gasteiger partial charge in [0.05, 0.1) is 6.26 Å². The fourth-order valence-corrected chi connectivity index (χ4v) is 2.28. The summed E-state index contributed by atoms with van der Waals surface area (Å²) in [6.45, 7) is 0. The van der Waals surface area contributed by atoms with Crippen molar-refractivity contribution in [3.05, 3.63) is 24.2 Å². The standard InChI is InChI=1S/C8H10O2S2/c1-11-8(12-2)7(9)6-4-3-5-10-6/h3-5,8H,1-2H3. The van der Waals surface area contributed by atoms with Crippen LogP contribution >= 0.6 is 23.5 Å². The number of rotatable bonds is 4. The summed E-state index contributed by atoms with van der Waals surface area (Å²) in [6, 6.07) is 3.42. The van der Waals surface area contributed by atoms with Crippen molar-refractivity contribution in [2.24, 2.45) is 0 Å². The molecule has 1 aromatic rings. The number of furan rings is 1. The predicted octanol–water partition coefficient (Wildman–Crippen LogP) is 2.51. The van der Waals surface area contributed by atoms with E-state index >= 15 is 0 Å². The molecule has 0 aliphatic rings. The molecular weight excluding hydrogens is 192 g/mol. The molecule has 0 N–H and O–H groups in total. The second kappa shape index (κ2) is 4.62. The van der Waals surface area contributed by atoms with Gasteiger partial charge in [0.25, 0.3) is 0 Å². The summed E-state index contributed by atoms with van der Waals surface area (Å²) in [5.41, 5.74) is 0. The van der Waals surface area contributed by atoms with Crippen molar-refractivity contribution in [2.45, 2.75) is 4.58 Å². The Bertz CT molecular complexity index is 240. The Kier molecular flexibility index (Phi) is 3.75. The molecule has 0 saturated carbocycles. The van der Waals surface area contributed by atoms with Crippen molar-refractivity contribution in [1.82, 2.24) is 0 Å². The lowest BCUT2D eigenvalue weighted by atomic mass is 10.3. The average molecular weight is 202 g/mol. The lowest BCUT2D eigenvalue weighted by Crippen LogP contribution is -2.11. The zero-order valence-electron chi connectivity index (χ0n) is 6.94. The summed E-state index contributed by atoms with van der Waals surface area (Å²) in [7, 11) is 0. The maximum Gasteiger partial charge on any atom is 0.220 e. The van der Waals surface area contributed by atoms with Crippen molar-refractivity contribution in [1.29, 1.82) is 0 Å². The van der Waals surface area contributed by atoms with Crippen LogP contribution in [0, 0.1) is 0 Å². The summed E-state index contributed by atoms with van der Waals surface area (Å²) < 4.78 is 4.96. The van der Waals surface area contributed by atoms with E-state index in [4.69, 9.17) is 4.42 Å². The highest BCUT2D eigenvalue weighted by Gasteiger charge is 2.19. The van der Waals surface area contributed by atoms with E-state index in [-0.39, 0.29) is 10.4 Å². The van der Waals surface area contributed by atoms with Crippen LogP contribution < -0.4 is 0 Å². The quantitative estimate of drug-likeness (QED) is 0.554. The Morgan fingerprint density at radius 3 is 2.58 bits per heavy atom. The van der Waals surface area contributed by atoms with Crippen molar-refractivity contribution in [2.75, 3.05) is 12.5 Å². The number of carbonyl (C=O) groups excluding carboxylic acids is 1. The van der Waals surface area contributed by atoms with Gasteiger partial charge in [-0.2, -0.15) is 0 Å². The Labute approximate surface area is 80.1 Å². The van der Waals surface area contributed by atoms with Crippen LogP contribution in [0.15, 0.2) is 22.8 Å². The first-order valence-electron chi connectivity index (χ1n) is 3.43. The molecule has 12 heavy (non-hydrogen) atoms. The smallest absolute Gasteiger partial charge is 0.220 e. The maximum atomic E-state index is 11.5. The van der Waals surface area contributed by atoms with Crippen LogP contribution in [0.1, 0.15) is 10.6 Å². The van der Waals surface area contributed by atoms with Crippen LogP contribution in [-0.4, -0.2) is 22.9 Å². The van der Waals surface area contributed by atoms with Gasteiger partial charge in [-0.05, 0) is 24.6 Å². The molecular formula is C8H10O2S2. The molecule has 0 spiro atoms. The number of Topliss-reactive ketones (excluding diaryl/α,β-unsaturated/α-hetero) is 1. The van der Waals surface area contributed by atoms with Crippen LogP contribution in [0.3, 0.4) is 0 Å². The molecule has 0 fully saturated rings. The Morgan fingerprint density at radius 2 is 2.17 bits per heavy atom. The largest absolute Gasteiger partial charge is 0.461 e. The van der Waals surface area contributed by atoms with Crippen LogP contribution in [0.5, 0.6) is 0 Å². The Morgan fingerprint density at radius 1 is 1.50 bits per heavy atom. The second-order valence-electron chi connectivity index (χ2n) is 2.14. The van der Waals surface area contributed by atoms with E-state index in [9.17, 15) is 4.79 Å². The number of hydrogen-bond acceptors (Lipinski definition) is 4. The minimum Gasteiger partial charge on any atom is -0.461 e. The van der Waals surface area contributed by atoms with Gasteiger partial charge in [-0.15, -0.1) is 23.5 Å². The molecule has 4 heteroatoms. The third kappa shape index (κ3) is 2.08. The molecule has 0 unspecified atom stereocenters. The molecule has 2 nitrogen and oxygen atoms in total. The summed E-state index contributed by atoms with van der Waals surface area (Å²) in [5.74, 6) is 0.503. The molecule has 0 atom stereocenters. The summed E-state index contributed by atoms with van der Waals surface area (Å²) in [4.78, 5) is 11.5. The predicted molar refractivity (Wildman–Crippen MR) is 53.9 cm³/mol. The molecule has 0 aliphatic carbocycles. The third-order valence-corrected chi connectivity index (χ3v) is 3.85.